The predicted octanol–water partition coefficient (Wildman–Crippen LogP) is 1.81. The Morgan fingerprint density at radius 2 is 2.00 bits per heavy atom. The molecule has 1 saturated heterocycles. The number of benzene rings is 1. The first kappa shape index (κ1) is 18.8. The van der Waals surface area contributed by atoms with Crippen LogP contribution in [-0.2, 0) is 14.6 Å². The molecule has 0 spiro atoms. The van der Waals surface area contributed by atoms with Crippen molar-refractivity contribution in [3.8, 4) is 0 Å². The summed E-state index contributed by atoms with van der Waals surface area (Å²) in [6.45, 7) is 1.50. The van der Waals surface area contributed by atoms with E-state index in [2.05, 4.69) is 16.0 Å². The minimum atomic E-state index is -3.08. The van der Waals surface area contributed by atoms with Gasteiger partial charge in [-0.25, -0.2) is 13.2 Å². The van der Waals surface area contributed by atoms with E-state index in [1.807, 2.05) is 0 Å². The molecular weight excluding hydrogens is 377 g/mol. The smallest absolute Gasteiger partial charge is 0.315 e. The van der Waals surface area contributed by atoms with Crippen LogP contribution < -0.4 is 16.0 Å². The number of amides is 3. The highest BCUT2D eigenvalue weighted by atomic mass is 35.5. The van der Waals surface area contributed by atoms with E-state index >= 15 is 0 Å². The second kappa shape index (κ2) is 7.58. The number of halogens is 2. The van der Waals surface area contributed by atoms with E-state index in [-0.39, 0.29) is 11.5 Å². The Morgan fingerprint density at radius 3 is 2.62 bits per heavy atom. The van der Waals surface area contributed by atoms with Gasteiger partial charge in [0.25, 0.3) is 0 Å². The Bertz CT molecular complexity index is 754. The molecule has 1 aliphatic rings. The SMILES string of the molecule is C[C@H](NC(=O)N[C@@H]1CCS(=O)(=O)C1)C(=O)Nc1cc(Cl)ccc1Cl. The normalized spacial score (nSPS) is 20.2. The maximum Gasteiger partial charge on any atom is 0.315 e. The Kier molecular flexibility index (Phi) is 5.95. The van der Waals surface area contributed by atoms with Gasteiger partial charge in [-0.3, -0.25) is 4.79 Å². The summed E-state index contributed by atoms with van der Waals surface area (Å²) >= 11 is 11.8. The summed E-state index contributed by atoms with van der Waals surface area (Å²) in [7, 11) is -3.08. The van der Waals surface area contributed by atoms with Crippen molar-refractivity contribution in [2.75, 3.05) is 16.8 Å². The number of hydrogen-bond donors (Lipinski definition) is 3. The van der Waals surface area contributed by atoms with Crippen molar-refractivity contribution in [3.05, 3.63) is 28.2 Å². The molecular formula is C14H17Cl2N3O4S. The first-order valence-electron chi connectivity index (χ1n) is 7.19. The number of rotatable bonds is 4. The summed E-state index contributed by atoms with van der Waals surface area (Å²) in [4.78, 5) is 24.0. The van der Waals surface area contributed by atoms with Crippen molar-refractivity contribution < 1.29 is 18.0 Å². The van der Waals surface area contributed by atoms with E-state index in [9.17, 15) is 18.0 Å². The maximum absolute atomic E-state index is 12.1. The molecule has 1 heterocycles. The Hall–Kier alpha value is -1.51. The second-order valence-corrected chi connectivity index (χ2v) is 8.63. The fraction of sp³-hybridized carbons (Fsp3) is 0.429. The molecule has 3 N–H and O–H groups in total. The lowest BCUT2D eigenvalue weighted by Crippen LogP contribution is -2.49. The molecule has 10 heteroatoms. The van der Waals surface area contributed by atoms with Gasteiger partial charge in [0.1, 0.15) is 6.04 Å². The van der Waals surface area contributed by atoms with Crippen LogP contribution in [0.25, 0.3) is 0 Å². The molecule has 132 valence electrons. The van der Waals surface area contributed by atoms with E-state index in [0.29, 0.717) is 22.2 Å². The zero-order valence-corrected chi connectivity index (χ0v) is 15.1. The average molecular weight is 394 g/mol. The Labute approximate surface area is 150 Å². The van der Waals surface area contributed by atoms with E-state index < -0.39 is 33.9 Å². The molecule has 1 aliphatic heterocycles. The number of nitrogens with one attached hydrogen (secondary N) is 3. The van der Waals surface area contributed by atoms with Gasteiger partial charge in [-0.1, -0.05) is 23.2 Å². The monoisotopic (exact) mass is 393 g/mol. The third-order valence-corrected chi connectivity index (χ3v) is 5.83. The molecule has 0 aliphatic carbocycles. The molecule has 3 amide bonds. The molecule has 1 fully saturated rings. The Morgan fingerprint density at radius 1 is 1.29 bits per heavy atom. The topological polar surface area (TPSA) is 104 Å². The summed E-state index contributed by atoms with van der Waals surface area (Å²) in [5.74, 6) is -0.506. The maximum atomic E-state index is 12.1. The van der Waals surface area contributed by atoms with Gasteiger partial charge in [0, 0.05) is 11.1 Å². The van der Waals surface area contributed by atoms with Crippen LogP contribution in [0.4, 0.5) is 10.5 Å². The number of carbonyl (C=O) groups excluding carboxylic acids is 2. The summed E-state index contributed by atoms with van der Waals surface area (Å²) in [5.41, 5.74) is 0.338. The highest BCUT2D eigenvalue weighted by Crippen LogP contribution is 2.25. The van der Waals surface area contributed by atoms with Gasteiger partial charge < -0.3 is 16.0 Å². The standard InChI is InChI=1S/C14H17Cl2N3O4S/c1-8(13(20)19-12-6-9(15)2-3-11(12)16)17-14(21)18-10-4-5-24(22,23)7-10/h2-3,6,8,10H,4-5,7H2,1H3,(H,19,20)(H2,17,18,21)/t8-,10+/m0/s1. The highest BCUT2D eigenvalue weighted by Gasteiger charge is 2.29. The lowest BCUT2D eigenvalue weighted by Gasteiger charge is -2.17. The van der Waals surface area contributed by atoms with Crippen LogP contribution in [0.5, 0.6) is 0 Å². The first-order valence-corrected chi connectivity index (χ1v) is 9.77. The molecule has 7 nitrogen and oxygen atoms in total. The predicted molar refractivity (Wildman–Crippen MR) is 93.3 cm³/mol. The van der Waals surface area contributed by atoms with Crippen LogP contribution >= 0.6 is 23.2 Å². The molecule has 0 radical (unpaired) electrons. The van der Waals surface area contributed by atoms with Gasteiger partial charge in [-0.05, 0) is 31.5 Å². The zero-order chi connectivity index (χ0) is 17.9. The van der Waals surface area contributed by atoms with Gasteiger partial charge in [0.2, 0.25) is 5.91 Å². The van der Waals surface area contributed by atoms with E-state index in [1.54, 1.807) is 12.1 Å². The molecule has 0 unspecified atom stereocenters. The van der Waals surface area contributed by atoms with Gasteiger partial charge in [0.15, 0.2) is 9.84 Å². The minimum Gasteiger partial charge on any atom is -0.334 e. The van der Waals surface area contributed by atoms with Gasteiger partial charge in [-0.2, -0.15) is 0 Å². The number of carbonyl (C=O) groups is 2. The summed E-state index contributed by atoms with van der Waals surface area (Å²) in [6.07, 6.45) is 0.369. The van der Waals surface area contributed by atoms with Gasteiger partial charge in [0.05, 0.1) is 22.2 Å². The van der Waals surface area contributed by atoms with Crippen LogP contribution in [0.2, 0.25) is 10.0 Å². The summed E-state index contributed by atoms with van der Waals surface area (Å²) in [5, 5.41) is 8.31. The van der Waals surface area contributed by atoms with Crippen LogP contribution in [0.3, 0.4) is 0 Å². The zero-order valence-electron chi connectivity index (χ0n) is 12.8. The minimum absolute atomic E-state index is 0.0568. The third-order valence-electron chi connectivity index (χ3n) is 3.49. The van der Waals surface area contributed by atoms with Crippen LogP contribution in [0.1, 0.15) is 13.3 Å². The number of anilines is 1. The van der Waals surface area contributed by atoms with Crippen molar-refractivity contribution in [3.63, 3.8) is 0 Å². The molecule has 0 saturated carbocycles. The van der Waals surface area contributed by atoms with Crippen LogP contribution in [-0.4, -0.2) is 43.9 Å². The molecule has 1 aromatic carbocycles. The van der Waals surface area contributed by atoms with E-state index in [1.165, 1.54) is 13.0 Å². The molecule has 2 atom stereocenters. The lowest BCUT2D eigenvalue weighted by atomic mass is 10.2. The summed E-state index contributed by atoms with van der Waals surface area (Å²) < 4.78 is 22.7. The second-order valence-electron chi connectivity index (χ2n) is 5.55. The van der Waals surface area contributed by atoms with Crippen molar-refractivity contribution in [1.29, 1.82) is 0 Å². The van der Waals surface area contributed by atoms with Crippen LogP contribution in [0, 0.1) is 0 Å². The van der Waals surface area contributed by atoms with Crippen molar-refractivity contribution in [2.24, 2.45) is 0 Å². The van der Waals surface area contributed by atoms with Crippen molar-refractivity contribution in [2.45, 2.75) is 25.4 Å². The van der Waals surface area contributed by atoms with Gasteiger partial charge >= 0.3 is 6.03 Å². The molecule has 24 heavy (non-hydrogen) atoms. The first-order chi connectivity index (χ1) is 11.2. The van der Waals surface area contributed by atoms with E-state index in [4.69, 9.17) is 23.2 Å². The highest BCUT2D eigenvalue weighted by molar-refractivity contribution is 7.91. The molecule has 0 aromatic heterocycles. The van der Waals surface area contributed by atoms with Crippen molar-refractivity contribution in [1.82, 2.24) is 10.6 Å². The quantitative estimate of drug-likeness (QED) is 0.725. The number of sulfone groups is 1. The number of hydrogen-bond acceptors (Lipinski definition) is 4. The van der Waals surface area contributed by atoms with Crippen LogP contribution in [0.15, 0.2) is 18.2 Å². The largest absolute Gasteiger partial charge is 0.334 e. The van der Waals surface area contributed by atoms with Crippen molar-refractivity contribution >= 4 is 50.7 Å². The molecule has 2 rings (SSSR count). The third kappa shape index (κ3) is 5.25. The average Bonchev–Trinajstić information content (AvgIpc) is 2.81. The number of urea groups is 1. The van der Waals surface area contributed by atoms with Gasteiger partial charge in [-0.15, -0.1) is 0 Å². The fourth-order valence-corrected chi connectivity index (χ4v) is 4.24. The molecule has 1 aromatic rings. The summed E-state index contributed by atoms with van der Waals surface area (Å²) in [6, 6.07) is 2.75. The fourth-order valence-electron chi connectivity index (χ4n) is 2.23. The lowest BCUT2D eigenvalue weighted by molar-refractivity contribution is -0.117. The van der Waals surface area contributed by atoms with E-state index in [0.717, 1.165) is 0 Å². The Balaban J connectivity index is 1.87. The molecule has 0 bridgehead atoms.